The zero-order chi connectivity index (χ0) is 18.8. The average molecular weight is 351 g/mol. The van der Waals surface area contributed by atoms with Crippen LogP contribution in [0.1, 0.15) is 40.2 Å². The maximum Gasteiger partial charge on any atom is 0.332 e. The molecule has 1 aromatic rings. The lowest BCUT2D eigenvalue weighted by molar-refractivity contribution is -0.148. The summed E-state index contributed by atoms with van der Waals surface area (Å²) < 4.78 is 10.2. The molecule has 0 unspecified atom stereocenters. The molecule has 0 aliphatic heterocycles. The highest BCUT2D eigenvalue weighted by atomic mass is 16.6. The van der Waals surface area contributed by atoms with E-state index in [2.05, 4.69) is 44.7 Å². The molecule has 2 N–H and O–H groups in total. The van der Waals surface area contributed by atoms with Crippen LogP contribution in [-0.2, 0) is 20.7 Å². The molecule has 0 bridgehead atoms. The Hall–Kier alpha value is -1.75. The Morgan fingerprint density at radius 3 is 2.32 bits per heavy atom. The molecule has 0 spiro atoms. The largest absolute Gasteiger partial charge is 0.464 e. The highest BCUT2D eigenvalue weighted by molar-refractivity contribution is 5.70. The third-order valence-electron chi connectivity index (χ3n) is 3.66. The van der Waals surface area contributed by atoms with E-state index in [1.807, 2.05) is 6.07 Å². The molecule has 142 valence electrons. The molecule has 5 heteroatoms. The van der Waals surface area contributed by atoms with E-state index in [1.54, 1.807) is 6.92 Å². The number of carbonyl (C=O) groups excluding carboxylic acids is 1. The molecule has 0 aliphatic rings. The Kier molecular flexibility index (Phi) is 9.35. The normalized spacial score (nSPS) is 11.2. The quantitative estimate of drug-likeness (QED) is 0.376. The van der Waals surface area contributed by atoms with Gasteiger partial charge in [-0.3, -0.25) is 0 Å². The summed E-state index contributed by atoms with van der Waals surface area (Å²) in [4.78, 5) is 13.6. The Balaban J connectivity index is 2.63. The summed E-state index contributed by atoms with van der Waals surface area (Å²) in [5.74, 6) is 0.832. The minimum absolute atomic E-state index is 0.00202. The van der Waals surface area contributed by atoms with Crippen molar-refractivity contribution < 1.29 is 14.3 Å². The van der Waals surface area contributed by atoms with Gasteiger partial charge in [0, 0.05) is 13.1 Å². The zero-order valence-corrected chi connectivity index (χ0v) is 16.4. The van der Waals surface area contributed by atoms with E-state index in [-0.39, 0.29) is 12.6 Å². The Bertz CT molecular complexity index is 520. The molecule has 0 aromatic heterocycles. The highest BCUT2D eigenvalue weighted by Gasteiger charge is 2.13. The summed E-state index contributed by atoms with van der Waals surface area (Å²) in [6, 6.07) is 6.20. The van der Waals surface area contributed by atoms with Gasteiger partial charge in [0.05, 0.1) is 24.6 Å². The van der Waals surface area contributed by atoms with Gasteiger partial charge in [-0.25, -0.2) is 4.79 Å². The molecule has 1 rings (SSSR count). The van der Waals surface area contributed by atoms with Gasteiger partial charge in [-0.05, 0) is 42.9 Å². The van der Waals surface area contributed by atoms with Crippen molar-refractivity contribution in [2.45, 2.75) is 41.0 Å². The number of hydrogen-bond donors (Lipinski definition) is 1. The second kappa shape index (κ2) is 11.0. The van der Waals surface area contributed by atoms with Crippen LogP contribution in [0.25, 0.3) is 0 Å². The van der Waals surface area contributed by atoms with E-state index >= 15 is 0 Å². The molecule has 0 atom stereocenters. The molecule has 25 heavy (non-hydrogen) atoms. The Labute approximate surface area is 152 Å². The van der Waals surface area contributed by atoms with Gasteiger partial charge in [0.2, 0.25) is 0 Å². The van der Waals surface area contributed by atoms with E-state index in [4.69, 9.17) is 15.2 Å². The van der Waals surface area contributed by atoms with Crippen LogP contribution in [-0.4, -0.2) is 38.9 Å². The molecule has 0 amide bonds. The number of anilines is 2. The summed E-state index contributed by atoms with van der Waals surface area (Å²) in [5, 5.41) is 0. The van der Waals surface area contributed by atoms with Gasteiger partial charge >= 0.3 is 5.97 Å². The number of nitrogens with two attached hydrogens (primary N) is 1. The van der Waals surface area contributed by atoms with Crippen molar-refractivity contribution in [2.24, 2.45) is 11.8 Å². The molecule has 0 heterocycles. The minimum Gasteiger partial charge on any atom is -0.464 e. The fourth-order valence-electron chi connectivity index (χ4n) is 2.75. The van der Waals surface area contributed by atoms with Crippen LogP contribution < -0.4 is 10.6 Å². The van der Waals surface area contributed by atoms with Crippen LogP contribution in [0.4, 0.5) is 11.4 Å². The number of hydrogen-bond acceptors (Lipinski definition) is 5. The fourth-order valence-corrected chi connectivity index (χ4v) is 2.75. The van der Waals surface area contributed by atoms with Crippen molar-refractivity contribution in [1.82, 2.24) is 0 Å². The third-order valence-corrected chi connectivity index (χ3v) is 3.66. The van der Waals surface area contributed by atoms with Gasteiger partial charge in [-0.15, -0.1) is 0 Å². The molecule has 0 aliphatic carbocycles. The lowest BCUT2D eigenvalue weighted by Gasteiger charge is -2.29. The number of nitrogens with zero attached hydrogens (tertiary/aromatic N) is 1. The van der Waals surface area contributed by atoms with Crippen molar-refractivity contribution in [3.63, 3.8) is 0 Å². The SMILES string of the molecule is CCOC(=O)COCCc1ccc(N(CC(C)C)CC(C)C)c(N)c1. The topological polar surface area (TPSA) is 64.8 Å². The summed E-state index contributed by atoms with van der Waals surface area (Å²) >= 11 is 0. The zero-order valence-electron chi connectivity index (χ0n) is 16.4. The second-order valence-electron chi connectivity index (χ2n) is 7.19. The number of rotatable bonds is 11. The molecule has 0 saturated heterocycles. The minimum atomic E-state index is -0.324. The fraction of sp³-hybridized carbons (Fsp3) is 0.650. The maximum absolute atomic E-state index is 11.2. The Morgan fingerprint density at radius 2 is 1.80 bits per heavy atom. The van der Waals surface area contributed by atoms with Crippen LogP contribution in [0.15, 0.2) is 18.2 Å². The number of ether oxygens (including phenoxy) is 2. The number of esters is 1. The first-order chi connectivity index (χ1) is 11.8. The van der Waals surface area contributed by atoms with Gasteiger partial charge in [0.15, 0.2) is 0 Å². The van der Waals surface area contributed by atoms with Gasteiger partial charge in [-0.1, -0.05) is 33.8 Å². The Morgan fingerprint density at radius 1 is 1.16 bits per heavy atom. The first-order valence-electron chi connectivity index (χ1n) is 9.20. The monoisotopic (exact) mass is 350 g/mol. The predicted octanol–water partition coefficient (Wildman–Crippen LogP) is 3.51. The molecule has 0 saturated carbocycles. The van der Waals surface area contributed by atoms with Gasteiger partial charge in [0.25, 0.3) is 0 Å². The van der Waals surface area contributed by atoms with Crippen LogP contribution in [0.5, 0.6) is 0 Å². The maximum atomic E-state index is 11.2. The van der Waals surface area contributed by atoms with E-state index in [0.717, 1.165) is 36.4 Å². The van der Waals surface area contributed by atoms with Crippen LogP contribution in [0.3, 0.4) is 0 Å². The average Bonchev–Trinajstić information content (AvgIpc) is 2.50. The van der Waals surface area contributed by atoms with Gasteiger partial charge in [-0.2, -0.15) is 0 Å². The van der Waals surface area contributed by atoms with Crippen LogP contribution in [0, 0.1) is 11.8 Å². The summed E-state index contributed by atoms with van der Waals surface area (Å²) in [6.45, 7) is 13.5. The predicted molar refractivity (Wildman–Crippen MR) is 104 cm³/mol. The smallest absolute Gasteiger partial charge is 0.332 e. The molecular weight excluding hydrogens is 316 g/mol. The van der Waals surface area contributed by atoms with Crippen molar-refractivity contribution in [3.05, 3.63) is 23.8 Å². The van der Waals surface area contributed by atoms with E-state index in [1.165, 1.54) is 0 Å². The van der Waals surface area contributed by atoms with E-state index < -0.39 is 0 Å². The van der Waals surface area contributed by atoms with Crippen molar-refractivity contribution in [3.8, 4) is 0 Å². The van der Waals surface area contributed by atoms with E-state index in [9.17, 15) is 4.79 Å². The summed E-state index contributed by atoms with van der Waals surface area (Å²) in [5.41, 5.74) is 9.31. The summed E-state index contributed by atoms with van der Waals surface area (Å²) in [6.07, 6.45) is 0.720. The lowest BCUT2D eigenvalue weighted by atomic mass is 10.1. The second-order valence-corrected chi connectivity index (χ2v) is 7.19. The first-order valence-corrected chi connectivity index (χ1v) is 9.20. The molecular formula is C20H34N2O3. The molecule has 1 aromatic carbocycles. The van der Waals surface area contributed by atoms with Crippen molar-refractivity contribution in [1.29, 1.82) is 0 Å². The lowest BCUT2D eigenvalue weighted by Crippen LogP contribution is -2.31. The number of carbonyl (C=O) groups is 1. The number of nitrogen functional groups attached to an aromatic ring is 1. The standard InChI is InChI=1S/C20H34N2O3/c1-6-25-20(23)14-24-10-9-17-7-8-19(18(21)11-17)22(12-15(2)3)13-16(4)5/h7-8,11,15-16H,6,9-10,12-14,21H2,1-5H3. The molecule has 5 nitrogen and oxygen atoms in total. The van der Waals surface area contributed by atoms with Gasteiger partial charge < -0.3 is 20.1 Å². The third kappa shape index (κ3) is 8.25. The summed E-state index contributed by atoms with van der Waals surface area (Å²) in [7, 11) is 0. The van der Waals surface area contributed by atoms with Crippen LogP contribution in [0.2, 0.25) is 0 Å². The first kappa shape index (κ1) is 21.3. The van der Waals surface area contributed by atoms with Gasteiger partial charge in [0.1, 0.15) is 6.61 Å². The van der Waals surface area contributed by atoms with E-state index in [0.29, 0.717) is 25.0 Å². The molecule has 0 radical (unpaired) electrons. The van der Waals surface area contributed by atoms with Crippen LogP contribution >= 0.6 is 0 Å². The molecule has 0 fully saturated rings. The van der Waals surface area contributed by atoms with Crippen molar-refractivity contribution in [2.75, 3.05) is 43.5 Å². The highest BCUT2D eigenvalue weighted by Crippen LogP contribution is 2.26. The van der Waals surface area contributed by atoms with Crippen molar-refractivity contribution >= 4 is 17.3 Å². The number of benzene rings is 1.